The van der Waals surface area contributed by atoms with Crippen LogP contribution in [0.1, 0.15) is 27.8 Å². The highest BCUT2D eigenvalue weighted by Gasteiger charge is 2.57. The summed E-state index contributed by atoms with van der Waals surface area (Å²) in [5, 5.41) is 0. The first-order chi connectivity index (χ1) is 17.7. The van der Waals surface area contributed by atoms with Crippen molar-refractivity contribution in [2.24, 2.45) is 0 Å². The highest BCUT2D eigenvalue weighted by atomic mass is 16.5. The van der Waals surface area contributed by atoms with Gasteiger partial charge in [-0.25, -0.2) is 0 Å². The average Bonchev–Trinajstić information content (AvgIpc) is 3.60. The van der Waals surface area contributed by atoms with Crippen molar-refractivity contribution in [1.29, 1.82) is 0 Å². The van der Waals surface area contributed by atoms with E-state index in [0.29, 0.717) is 26.4 Å². The average molecular weight is 476 g/mol. The summed E-state index contributed by atoms with van der Waals surface area (Å²) in [6, 6.07) is 30.3. The zero-order valence-corrected chi connectivity index (χ0v) is 19.8. The van der Waals surface area contributed by atoms with Crippen molar-refractivity contribution in [2.75, 3.05) is 18.1 Å². The Morgan fingerprint density at radius 2 is 1.61 bits per heavy atom. The minimum Gasteiger partial charge on any atom is -0.493 e. The molecule has 0 aromatic heterocycles. The number of ether oxygens (including phenoxy) is 3. The molecule has 0 saturated carbocycles. The first-order valence-corrected chi connectivity index (χ1v) is 12.3. The Kier molecular flexibility index (Phi) is 4.78. The smallest absolute Gasteiger partial charge is 0.246 e. The topological polar surface area (TPSA) is 48.0 Å². The summed E-state index contributed by atoms with van der Waals surface area (Å²) >= 11 is 0. The molecule has 4 aromatic carbocycles. The number of carbonyl (C=O) groups excluding carboxylic acids is 1. The number of para-hydroxylation sites is 1. The van der Waals surface area contributed by atoms with Gasteiger partial charge in [0.1, 0.15) is 35.9 Å². The maximum Gasteiger partial charge on any atom is 0.246 e. The summed E-state index contributed by atoms with van der Waals surface area (Å²) < 4.78 is 17.8. The lowest BCUT2D eigenvalue weighted by molar-refractivity contribution is -0.122. The molecule has 1 unspecified atom stereocenters. The van der Waals surface area contributed by atoms with Gasteiger partial charge in [0.15, 0.2) is 0 Å². The molecule has 178 valence electrons. The summed E-state index contributed by atoms with van der Waals surface area (Å²) in [7, 11) is 0. The second-order valence-corrected chi connectivity index (χ2v) is 9.58. The standard InChI is InChI=1S/C31H25NO4/c33-30-31(20-36-29-17-28-23(14-15-34-28)16-26(29)31)25-8-4-5-9-27(25)32(30)18-21-10-12-24(13-11-21)35-19-22-6-2-1-3-7-22/h1-13,16-17H,14-15,18-20H2. The third kappa shape index (κ3) is 3.19. The molecule has 0 N–H and O–H groups in total. The third-order valence-corrected chi connectivity index (χ3v) is 7.47. The molecule has 0 aliphatic carbocycles. The molecule has 1 amide bonds. The van der Waals surface area contributed by atoms with Crippen LogP contribution in [0.2, 0.25) is 0 Å². The molecule has 1 spiro atoms. The highest BCUT2D eigenvalue weighted by Crippen LogP contribution is 2.54. The summed E-state index contributed by atoms with van der Waals surface area (Å²) in [6.45, 7) is 1.99. The lowest BCUT2D eigenvalue weighted by atomic mass is 9.76. The monoisotopic (exact) mass is 475 g/mol. The molecule has 7 rings (SSSR count). The van der Waals surface area contributed by atoms with Crippen LogP contribution in [-0.2, 0) is 29.8 Å². The lowest BCUT2D eigenvalue weighted by Crippen LogP contribution is -2.42. The summed E-state index contributed by atoms with van der Waals surface area (Å²) in [5.74, 6) is 2.49. The second kappa shape index (κ2) is 8.16. The van der Waals surface area contributed by atoms with Crippen molar-refractivity contribution >= 4 is 11.6 Å². The van der Waals surface area contributed by atoms with E-state index >= 15 is 0 Å². The van der Waals surface area contributed by atoms with Crippen molar-refractivity contribution in [1.82, 2.24) is 0 Å². The van der Waals surface area contributed by atoms with Crippen LogP contribution in [0.4, 0.5) is 5.69 Å². The number of carbonyl (C=O) groups is 1. The molecule has 5 heteroatoms. The molecule has 0 bridgehead atoms. The zero-order chi connectivity index (χ0) is 24.1. The predicted octanol–water partition coefficient (Wildman–Crippen LogP) is 5.43. The lowest BCUT2D eigenvalue weighted by Gasteiger charge is -2.23. The first-order valence-electron chi connectivity index (χ1n) is 12.3. The Hall–Kier alpha value is -4.25. The first kappa shape index (κ1) is 21.1. The van der Waals surface area contributed by atoms with E-state index in [1.807, 2.05) is 83.8 Å². The number of amides is 1. The van der Waals surface area contributed by atoms with Crippen LogP contribution in [-0.4, -0.2) is 19.1 Å². The van der Waals surface area contributed by atoms with Crippen LogP contribution in [0.25, 0.3) is 0 Å². The van der Waals surface area contributed by atoms with Gasteiger partial charge in [-0.05, 0) is 46.5 Å². The zero-order valence-electron chi connectivity index (χ0n) is 19.8. The Labute approximate surface area is 209 Å². The normalized spacial score (nSPS) is 19.0. The molecule has 0 saturated heterocycles. The minimum atomic E-state index is -0.817. The molecule has 3 heterocycles. The van der Waals surface area contributed by atoms with Crippen molar-refractivity contribution in [2.45, 2.75) is 25.0 Å². The van der Waals surface area contributed by atoms with Gasteiger partial charge in [-0.1, -0.05) is 60.7 Å². The number of fused-ring (bicyclic) bond motifs is 5. The Morgan fingerprint density at radius 1 is 0.806 bits per heavy atom. The van der Waals surface area contributed by atoms with E-state index in [1.54, 1.807) is 0 Å². The Morgan fingerprint density at radius 3 is 2.47 bits per heavy atom. The van der Waals surface area contributed by atoms with Crippen LogP contribution < -0.4 is 19.1 Å². The van der Waals surface area contributed by atoms with E-state index in [0.717, 1.165) is 57.2 Å². The molecule has 3 aliphatic rings. The Balaban J connectivity index is 1.17. The van der Waals surface area contributed by atoms with Gasteiger partial charge in [0.05, 0.1) is 13.2 Å². The molecule has 0 fully saturated rings. The van der Waals surface area contributed by atoms with E-state index in [-0.39, 0.29) is 5.91 Å². The fourth-order valence-corrected chi connectivity index (χ4v) is 5.62. The van der Waals surface area contributed by atoms with Gasteiger partial charge in [0.2, 0.25) is 5.91 Å². The number of anilines is 1. The molecular formula is C31H25NO4. The maximum atomic E-state index is 14.2. The third-order valence-electron chi connectivity index (χ3n) is 7.47. The van der Waals surface area contributed by atoms with E-state index in [9.17, 15) is 4.79 Å². The quantitative estimate of drug-likeness (QED) is 0.386. The summed E-state index contributed by atoms with van der Waals surface area (Å²) in [6.07, 6.45) is 0.858. The highest BCUT2D eigenvalue weighted by molar-refractivity contribution is 6.11. The van der Waals surface area contributed by atoms with Crippen molar-refractivity contribution in [3.05, 3.63) is 119 Å². The van der Waals surface area contributed by atoms with E-state index < -0.39 is 5.41 Å². The maximum absolute atomic E-state index is 14.2. The summed E-state index contributed by atoms with van der Waals surface area (Å²) in [5.41, 5.74) is 5.41. The van der Waals surface area contributed by atoms with Crippen molar-refractivity contribution < 1.29 is 19.0 Å². The van der Waals surface area contributed by atoms with Gasteiger partial charge in [-0.3, -0.25) is 4.79 Å². The number of rotatable bonds is 5. The van der Waals surface area contributed by atoms with Gasteiger partial charge in [-0.15, -0.1) is 0 Å². The molecule has 0 radical (unpaired) electrons. The van der Waals surface area contributed by atoms with Crippen LogP contribution in [0.5, 0.6) is 17.2 Å². The van der Waals surface area contributed by atoms with Crippen LogP contribution in [0.3, 0.4) is 0 Å². The minimum absolute atomic E-state index is 0.0609. The van der Waals surface area contributed by atoms with Gasteiger partial charge in [0, 0.05) is 23.7 Å². The van der Waals surface area contributed by atoms with Crippen LogP contribution in [0.15, 0.2) is 91.0 Å². The molecule has 36 heavy (non-hydrogen) atoms. The van der Waals surface area contributed by atoms with Gasteiger partial charge in [-0.2, -0.15) is 0 Å². The predicted molar refractivity (Wildman–Crippen MR) is 137 cm³/mol. The molecule has 5 nitrogen and oxygen atoms in total. The van der Waals surface area contributed by atoms with Crippen molar-refractivity contribution in [3.63, 3.8) is 0 Å². The van der Waals surface area contributed by atoms with E-state index in [4.69, 9.17) is 14.2 Å². The van der Waals surface area contributed by atoms with E-state index in [2.05, 4.69) is 12.1 Å². The van der Waals surface area contributed by atoms with Gasteiger partial charge < -0.3 is 19.1 Å². The number of nitrogens with zero attached hydrogens (tertiary/aromatic N) is 1. The molecule has 1 atom stereocenters. The van der Waals surface area contributed by atoms with Crippen LogP contribution in [0, 0.1) is 0 Å². The summed E-state index contributed by atoms with van der Waals surface area (Å²) in [4.78, 5) is 16.1. The molecule has 3 aliphatic heterocycles. The Bertz CT molecular complexity index is 1460. The SMILES string of the molecule is O=C1N(Cc2ccc(OCc3ccccc3)cc2)c2ccccc2C12COc1cc3c(cc12)CCO3. The van der Waals surface area contributed by atoms with Gasteiger partial charge >= 0.3 is 0 Å². The fourth-order valence-electron chi connectivity index (χ4n) is 5.62. The fraction of sp³-hybridized carbons (Fsp3) is 0.194. The second-order valence-electron chi connectivity index (χ2n) is 9.58. The van der Waals surface area contributed by atoms with Gasteiger partial charge in [0.25, 0.3) is 0 Å². The molecular weight excluding hydrogens is 450 g/mol. The molecule has 4 aromatic rings. The van der Waals surface area contributed by atoms with Crippen LogP contribution >= 0.6 is 0 Å². The number of hydrogen-bond acceptors (Lipinski definition) is 4. The van der Waals surface area contributed by atoms with Crippen molar-refractivity contribution in [3.8, 4) is 17.2 Å². The number of hydrogen-bond donors (Lipinski definition) is 0. The largest absolute Gasteiger partial charge is 0.493 e. The number of benzene rings is 4. The van der Waals surface area contributed by atoms with E-state index in [1.165, 1.54) is 0 Å².